The van der Waals surface area contributed by atoms with Crippen molar-refractivity contribution in [3.63, 3.8) is 0 Å². The van der Waals surface area contributed by atoms with Crippen LogP contribution in [0.5, 0.6) is 0 Å². The van der Waals surface area contributed by atoms with Gasteiger partial charge in [0.1, 0.15) is 6.04 Å². The van der Waals surface area contributed by atoms with Crippen LogP contribution in [0.2, 0.25) is 0 Å². The molecular weight excluding hydrogens is 845 g/mol. The molecule has 0 saturated carbocycles. The summed E-state index contributed by atoms with van der Waals surface area (Å²) in [6, 6.07) is 13.7. The van der Waals surface area contributed by atoms with Gasteiger partial charge in [0, 0.05) is 63.2 Å². The number of hydrogen-bond acceptors (Lipinski definition) is 18. The molecule has 352 valence electrons. The molecule has 0 fully saturated rings. The van der Waals surface area contributed by atoms with Crippen LogP contribution in [0.4, 0.5) is 34.9 Å². The lowest BCUT2D eigenvalue weighted by molar-refractivity contribution is -0.122. The maximum Gasteiger partial charge on any atom is 0.251 e. The molecule has 66 heavy (non-hydrogen) atoms. The highest BCUT2D eigenvalue weighted by Gasteiger charge is 2.20. The smallest absolute Gasteiger partial charge is 0.251 e. The lowest BCUT2D eigenvalue weighted by atomic mass is 10.1. The Balaban J connectivity index is 0.000000340. The summed E-state index contributed by atoms with van der Waals surface area (Å²) in [6.07, 6.45) is 5.52. The van der Waals surface area contributed by atoms with E-state index in [0.29, 0.717) is 77.2 Å². The largest absolute Gasteiger partial charge is 0.382 e. The van der Waals surface area contributed by atoms with Gasteiger partial charge in [-0.25, -0.2) is 19.9 Å². The molecule has 22 nitrogen and oxygen atoms in total. The lowest BCUT2D eigenvalue weighted by Crippen LogP contribution is -2.45. The van der Waals surface area contributed by atoms with Gasteiger partial charge in [0.25, 0.3) is 11.8 Å². The molecule has 0 bridgehead atoms. The summed E-state index contributed by atoms with van der Waals surface area (Å²) >= 11 is 0. The number of nitrogens with zero attached hydrogens (tertiary/aromatic N) is 10. The second-order valence-corrected chi connectivity index (χ2v) is 14.8. The molecule has 0 spiro atoms. The first-order chi connectivity index (χ1) is 30.6. The van der Waals surface area contributed by atoms with E-state index in [1.54, 1.807) is 50.8 Å². The van der Waals surface area contributed by atoms with Crippen molar-refractivity contribution < 1.29 is 19.2 Å². The Kier molecular flexibility index (Phi) is 19.1. The van der Waals surface area contributed by atoms with Gasteiger partial charge in [-0.2, -0.15) is 19.9 Å². The van der Waals surface area contributed by atoms with Crippen LogP contribution in [-0.4, -0.2) is 104 Å². The number of benzene rings is 2. The summed E-state index contributed by atoms with van der Waals surface area (Å²) in [6.45, 7) is 4.76. The van der Waals surface area contributed by atoms with Gasteiger partial charge in [0.05, 0.1) is 36.9 Å². The van der Waals surface area contributed by atoms with Crippen molar-refractivity contribution in [2.24, 2.45) is 0 Å². The SMILES string of the molecule is C.C.CCCC(NC(=O)c1ccc(N(C)Cc2cnc3nc(N)nc(N)c3n2)cc1)C(=O)NC.CNC(=O)CCC(C)NC(=O)c1ccc(N(C)Cc2cnc3nc(N)nc(N)c3n2)cc1. The van der Waals surface area contributed by atoms with Gasteiger partial charge in [0.2, 0.25) is 23.7 Å². The minimum absolute atomic E-state index is 0. The first-order valence-electron chi connectivity index (χ1n) is 20.3. The average molecular weight is 907 g/mol. The van der Waals surface area contributed by atoms with Crippen molar-refractivity contribution in [3.05, 3.63) is 83.4 Å². The van der Waals surface area contributed by atoms with E-state index in [-0.39, 0.29) is 68.1 Å². The molecule has 2 aromatic carbocycles. The predicted octanol–water partition coefficient (Wildman–Crippen LogP) is 3.00. The summed E-state index contributed by atoms with van der Waals surface area (Å²) in [4.78, 5) is 85.6. The number of aromatic nitrogens is 8. The van der Waals surface area contributed by atoms with Crippen molar-refractivity contribution in [2.75, 3.05) is 60.9 Å². The molecule has 6 aromatic rings. The highest BCUT2D eigenvalue weighted by Crippen LogP contribution is 2.21. The van der Waals surface area contributed by atoms with Gasteiger partial charge in [-0.15, -0.1) is 0 Å². The van der Waals surface area contributed by atoms with Crippen molar-refractivity contribution in [1.82, 2.24) is 61.1 Å². The number of nitrogens with one attached hydrogen (secondary N) is 4. The summed E-state index contributed by atoms with van der Waals surface area (Å²) in [7, 11) is 6.95. The molecule has 4 aromatic heterocycles. The number of nitrogens with two attached hydrogens (primary N) is 4. The fourth-order valence-electron chi connectivity index (χ4n) is 6.35. The van der Waals surface area contributed by atoms with E-state index < -0.39 is 6.04 Å². The number of rotatable bonds is 16. The Labute approximate surface area is 384 Å². The number of carbonyl (C=O) groups is 4. The lowest BCUT2D eigenvalue weighted by Gasteiger charge is -2.20. The third-order valence-electron chi connectivity index (χ3n) is 9.85. The zero-order valence-corrected chi connectivity index (χ0v) is 36.6. The maximum absolute atomic E-state index is 12.5. The second kappa shape index (κ2) is 24.1. The van der Waals surface area contributed by atoms with E-state index in [2.05, 4.69) is 61.1 Å². The zero-order chi connectivity index (χ0) is 46.5. The Bertz CT molecular complexity index is 2600. The standard InChI is InChI=1S/2C21H27N9O2.2CH4/c1-12(4-9-16(31)24-2)26-20(32)13-5-7-15(8-6-13)30(3)11-14-10-25-19-17(27-14)18(22)28-21(23)29-19;1-4-5-15(20(32)24-2)27-19(31)12-6-8-14(9-7-12)30(3)11-13-10-25-18-16(26-13)17(22)28-21(23)29-18;;/h5-8,10,12H,4,9,11H2,1-3H3,(H,24,31)(H,26,32)(H4,22,23,25,28,29);6-10,15H,4-5,11H2,1-3H3,(H,24,32)(H,27,31)(H4,22,23,25,28,29);2*1H4. The van der Waals surface area contributed by atoms with Crippen molar-refractivity contribution in [2.45, 2.75) is 79.6 Å². The fourth-order valence-corrected chi connectivity index (χ4v) is 6.35. The molecule has 2 unspecified atom stereocenters. The Morgan fingerprint density at radius 2 is 1.06 bits per heavy atom. The van der Waals surface area contributed by atoms with E-state index in [4.69, 9.17) is 22.9 Å². The molecular formula is C44H62N18O4. The normalized spacial score (nSPS) is 11.4. The van der Waals surface area contributed by atoms with Crippen molar-refractivity contribution >= 4 is 80.9 Å². The number of fused-ring (bicyclic) bond motifs is 2. The quantitative estimate of drug-likeness (QED) is 0.0692. The number of amides is 4. The van der Waals surface area contributed by atoms with Crippen LogP contribution in [0.1, 0.15) is 86.5 Å². The van der Waals surface area contributed by atoms with E-state index in [0.717, 1.165) is 17.8 Å². The van der Waals surface area contributed by atoms with Crippen molar-refractivity contribution in [3.8, 4) is 0 Å². The number of nitrogen functional groups attached to an aromatic ring is 4. The maximum atomic E-state index is 12.5. The van der Waals surface area contributed by atoms with Gasteiger partial charge in [-0.05, 0) is 68.3 Å². The molecule has 0 aliphatic heterocycles. The third-order valence-corrected chi connectivity index (χ3v) is 9.85. The van der Waals surface area contributed by atoms with Gasteiger partial charge in [0.15, 0.2) is 34.0 Å². The topological polar surface area (TPSA) is 330 Å². The first-order valence-corrected chi connectivity index (χ1v) is 20.3. The minimum Gasteiger partial charge on any atom is -0.382 e. The highest BCUT2D eigenvalue weighted by molar-refractivity contribution is 5.98. The van der Waals surface area contributed by atoms with Gasteiger partial charge in [-0.3, -0.25) is 19.2 Å². The highest BCUT2D eigenvalue weighted by atomic mass is 16.2. The summed E-state index contributed by atoms with van der Waals surface area (Å²) in [5.41, 5.74) is 28.6. The number of carbonyl (C=O) groups excluding carboxylic acids is 4. The molecule has 12 N–H and O–H groups in total. The Hall–Kier alpha value is -8.04. The van der Waals surface area contributed by atoms with Crippen LogP contribution in [-0.2, 0) is 22.7 Å². The second-order valence-electron chi connectivity index (χ2n) is 14.8. The van der Waals surface area contributed by atoms with E-state index >= 15 is 0 Å². The van der Waals surface area contributed by atoms with Gasteiger partial charge < -0.3 is 54.0 Å². The van der Waals surface area contributed by atoms with Gasteiger partial charge >= 0.3 is 0 Å². The van der Waals surface area contributed by atoms with Gasteiger partial charge in [-0.1, -0.05) is 28.2 Å². The Morgan fingerprint density at radius 3 is 1.47 bits per heavy atom. The van der Waals surface area contributed by atoms with E-state index in [9.17, 15) is 19.2 Å². The molecule has 22 heteroatoms. The summed E-state index contributed by atoms with van der Waals surface area (Å²) < 4.78 is 0. The molecule has 2 atom stereocenters. The fraction of sp³-hybridized carbons (Fsp3) is 0.364. The summed E-state index contributed by atoms with van der Waals surface area (Å²) in [5.74, 6) is -0.262. The van der Waals surface area contributed by atoms with Crippen LogP contribution in [0.25, 0.3) is 22.3 Å². The molecule has 0 radical (unpaired) electrons. The number of hydrogen-bond donors (Lipinski definition) is 8. The van der Waals surface area contributed by atoms with Crippen LogP contribution < -0.4 is 54.0 Å². The van der Waals surface area contributed by atoms with Crippen LogP contribution >= 0.6 is 0 Å². The minimum atomic E-state index is -0.557. The third kappa shape index (κ3) is 14.0. The Morgan fingerprint density at radius 1 is 0.621 bits per heavy atom. The molecule has 6 rings (SSSR count). The first kappa shape index (κ1) is 52.3. The average Bonchev–Trinajstić information content (AvgIpc) is 3.28. The summed E-state index contributed by atoms with van der Waals surface area (Å²) in [5, 5.41) is 10.8. The predicted molar refractivity (Wildman–Crippen MR) is 259 cm³/mol. The zero-order valence-electron chi connectivity index (χ0n) is 36.6. The van der Waals surface area contributed by atoms with E-state index in [1.807, 2.05) is 62.0 Å². The van der Waals surface area contributed by atoms with Crippen LogP contribution in [0, 0.1) is 0 Å². The molecule has 0 aliphatic carbocycles. The monoisotopic (exact) mass is 907 g/mol. The van der Waals surface area contributed by atoms with Crippen molar-refractivity contribution in [1.29, 1.82) is 0 Å². The van der Waals surface area contributed by atoms with Crippen LogP contribution in [0.15, 0.2) is 60.9 Å². The molecule has 0 saturated heterocycles. The number of likely N-dealkylation sites (N-methyl/N-ethyl adjacent to an activating group) is 1. The van der Waals surface area contributed by atoms with Crippen LogP contribution in [0.3, 0.4) is 0 Å². The number of anilines is 6. The van der Waals surface area contributed by atoms with E-state index in [1.165, 1.54) is 0 Å². The molecule has 4 heterocycles. The molecule has 4 amide bonds. The molecule has 0 aliphatic rings.